The van der Waals surface area contributed by atoms with Crippen molar-refractivity contribution in [2.75, 3.05) is 48.0 Å². The van der Waals surface area contributed by atoms with Crippen molar-refractivity contribution in [3.8, 4) is 5.75 Å². The Labute approximate surface area is 229 Å². The normalized spacial score (nSPS) is 15.6. The summed E-state index contributed by atoms with van der Waals surface area (Å²) in [5.41, 5.74) is 7.66. The molecule has 9 nitrogen and oxygen atoms in total. The van der Waals surface area contributed by atoms with Gasteiger partial charge in [0.1, 0.15) is 12.4 Å². The van der Waals surface area contributed by atoms with E-state index in [1.54, 1.807) is 0 Å². The zero-order valence-corrected chi connectivity index (χ0v) is 22.8. The molecule has 39 heavy (non-hydrogen) atoms. The zero-order chi connectivity index (χ0) is 26.6. The molecule has 2 aliphatic heterocycles. The first-order valence-electron chi connectivity index (χ1n) is 14.0. The van der Waals surface area contributed by atoms with Crippen LogP contribution in [0.25, 0.3) is 10.9 Å². The Balaban J connectivity index is 1.19. The van der Waals surface area contributed by atoms with Crippen LogP contribution in [0.5, 0.6) is 5.75 Å². The molecule has 2 saturated heterocycles. The highest BCUT2D eigenvalue weighted by Crippen LogP contribution is 2.24. The van der Waals surface area contributed by atoms with Crippen LogP contribution in [0, 0.1) is 13.8 Å². The lowest BCUT2D eigenvalue weighted by Gasteiger charge is -2.20. The molecular weight excluding hydrogens is 488 g/mol. The fourth-order valence-corrected chi connectivity index (χ4v) is 5.46. The van der Waals surface area contributed by atoms with Crippen LogP contribution < -0.4 is 20.0 Å². The van der Waals surface area contributed by atoms with Crippen molar-refractivity contribution in [2.45, 2.75) is 46.1 Å². The number of nitrogens with zero attached hydrogens (tertiary/aromatic N) is 7. The molecule has 9 heteroatoms. The predicted octanol–water partition coefficient (Wildman–Crippen LogP) is 5.17. The number of fused-ring (bicyclic) bond motifs is 1. The van der Waals surface area contributed by atoms with Crippen molar-refractivity contribution < 1.29 is 4.74 Å². The average Bonchev–Trinajstić information content (AvgIpc) is 3.73. The van der Waals surface area contributed by atoms with Crippen LogP contribution in [-0.2, 0) is 6.54 Å². The molecule has 202 valence electrons. The van der Waals surface area contributed by atoms with Crippen LogP contribution in [0.1, 0.15) is 42.4 Å². The molecule has 0 saturated carbocycles. The van der Waals surface area contributed by atoms with E-state index in [2.05, 4.69) is 81.3 Å². The van der Waals surface area contributed by atoms with Gasteiger partial charge in [0.25, 0.3) is 0 Å². The van der Waals surface area contributed by atoms with E-state index in [0.29, 0.717) is 12.6 Å². The van der Waals surface area contributed by atoms with Gasteiger partial charge in [0.05, 0.1) is 12.8 Å². The Morgan fingerprint density at radius 1 is 0.897 bits per heavy atom. The molecule has 2 fully saturated rings. The lowest BCUT2D eigenvalue weighted by atomic mass is 10.1. The molecule has 0 bridgehead atoms. The molecule has 1 N–H and O–H groups in total. The monoisotopic (exact) mass is 524 g/mol. The maximum Gasteiger partial charge on any atom is 0.250 e. The number of hydrazone groups is 1. The van der Waals surface area contributed by atoms with Gasteiger partial charge in [-0.1, -0.05) is 35.9 Å². The van der Waals surface area contributed by atoms with Gasteiger partial charge in [-0.05, 0) is 57.2 Å². The molecule has 0 radical (unpaired) electrons. The molecule has 0 amide bonds. The highest BCUT2D eigenvalue weighted by Gasteiger charge is 2.21. The van der Waals surface area contributed by atoms with Crippen molar-refractivity contribution in [3.05, 3.63) is 65.4 Å². The molecule has 2 aliphatic rings. The van der Waals surface area contributed by atoms with E-state index < -0.39 is 0 Å². The fourth-order valence-electron chi connectivity index (χ4n) is 5.46. The van der Waals surface area contributed by atoms with Crippen molar-refractivity contribution in [1.29, 1.82) is 0 Å². The van der Waals surface area contributed by atoms with Gasteiger partial charge in [-0.2, -0.15) is 20.1 Å². The summed E-state index contributed by atoms with van der Waals surface area (Å²) < 4.78 is 8.32. The summed E-state index contributed by atoms with van der Waals surface area (Å²) in [6.07, 6.45) is 8.66. The third-order valence-electron chi connectivity index (χ3n) is 7.50. The third-order valence-corrected chi connectivity index (χ3v) is 7.50. The van der Waals surface area contributed by atoms with Gasteiger partial charge in [0.2, 0.25) is 17.8 Å². The molecule has 2 aromatic heterocycles. The number of hydrogen-bond donors (Lipinski definition) is 1. The number of hydrogen-bond acceptors (Lipinski definition) is 8. The van der Waals surface area contributed by atoms with Crippen molar-refractivity contribution >= 4 is 35.0 Å². The molecule has 0 spiro atoms. The van der Waals surface area contributed by atoms with Gasteiger partial charge in [-0.25, -0.2) is 5.43 Å². The SMILES string of the molecule is Cc1ccc(OCCn2cc(/C=N\Nc3nc(N4CCCC4)nc(N4CCCC4)n3)c3ccccc32)c(C)c1. The highest BCUT2D eigenvalue weighted by atomic mass is 16.5. The summed E-state index contributed by atoms with van der Waals surface area (Å²) in [4.78, 5) is 18.7. The second-order valence-corrected chi connectivity index (χ2v) is 10.4. The van der Waals surface area contributed by atoms with Gasteiger partial charge in [-0.3, -0.25) is 0 Å². The van der Waals surface area contributed by atoms with Gasteiger partial charge in [0.15, 0.2) is 0 Å². The van der Waals surface area contributed by atoms with Crippen LogP contribution >= 0.6 is 0 Å². The molecule has 4 heterocycles. The Morgan fingerprint density at radius 3 is 2.28 bits per heavy atom. The summed E-state index contributed by atoms with van der Waals surface area (Å²) >= 11 is 0. The van der Waals surface area contributed by atoms with Crippen LogP contribution in [0.15, 0.2) is 53.8 Å². The Bertz CT molecular complexity index is 1430. The van der Waals surface area contributed by atoms with Gasteiger partial charge < -0.3 is 19.1 Å². The summed E-state index contributed by atoms with van der Waals surface area (Å²) in [5.74, 6) is 2.89. The first-order valence-corrected chi connectivity index (χ1v) is 14.0. The third kappa shape index (κ3) is 5.67. The minimum atomic E-state index is 0.482. The Morgan fingerprint density at radius 2 is 1.59 bits per heavy atom. The predicted molar refractivity (Wildman–Crippen MR) is 157 cm³/mol. The Hall–Kier alpha value is -4.14. The Kier molecular flexibility index (Phi) is 7.29. The summed E-state index contributed by atoms with van der Waals surface area (Å²) in [7, 11) is 0. The molecule has 6 rings (SSSR count). The van der Waals surface area contributed by atoms with E-state index in [1.807, 2.05) is 12.3 Å². The van der Waals surface area contributed by atoms with Crippen molar-refractivity contribution in [2.24, 2.45) is 5.10 Å². The van der Waals surface area contributed by atoms with E-state index in [9.17, 15) is 0 Å². The maximum atomic E-state index is 6.10. The smallest absolute Gasteiger partial charge is 0.250 e. The van der Waals surface area contributed by atoms with E-state index >= 15 is 0 Å². The first kappa shape index (κ1) is 25.2. The van der Waals surface area contributed by atoms with Gasteiger partial charge in [0, 0.05) is 48.8 Å². The lowest BCUT2D eigenvalue weighted by Crippen LogP contribution is -2.25. The largest absolute Gasteiger partial charge is 0.491 e. The number of anilines is 3. The van der Waals surface area contributed by atoms with Crippen molar-refractivity contribution in [1.82, 2.24) is 19.5 Å². The molecular formula is C30H36N8O. The number of benzene rings is 2. The maximum absolute atomic E-state index is 6.10. The van der Waals surface area contributed by atoms with E-state index in [1.165, 1.54) is 31.2 Å². The molecule has 4 aromatic rings. The second-order valence-electron chi connectivity index (χ2n) is 10.4. The summed E-state index contributed by atoms with van der Waals surface area (Å²) in [6, 6.07) is 14.7. The van der Waals surface area contributed by atoms with E-state index in [-0.39, 0.29) is 0 Å². The van der Waals surface area contributed by atoms with E-state index in [4.69, 9.17) is 19.7 Å². The quantitative estimate of drug-likeness (QED) is 0.239. The van der Waals surface area contributed by atoms with Crippen LogP contribution in [-0.4, -0.2) is 58.5 Å². The number of para-hydroxylation sites is 1. The molecule has 0 aliphatic carbocycles. The fraction of sp³-hybridized carbons (Fsp3) is 0.400. The van der Waals surface area contributed by atoms with Crippen LogP contribution in [0.3, 0.4) is 0 Å². The molecule has 0 atom stereocenters. The number of ether oxygens (including phenoxy) is 1. The van der Waals surface area contributed by atoms with Gasteiger partial charge in [-0.15, -0.1) is 0 Å². The zero-order valence-electron chi connectivity index (χ0n) is 22.8. The molecule has 2 aromatic carbocycles. The minimum absolute atomic E-state index is 0.482. The standard InChI is InChI=1S/C30H36N8O/c1-22-11-12-27(23(2)19-22)39-18-17-38-21-24(25-9-3-4-10-26(25)38)20-31-35-28-32-29(36-13-5-6-14-36)34-30(33-28)37-15-7-8-16-37/h3-4,9-12,19-21H,5-8,13-18H2,1-2H3,(H,32,33,34,35)/b31-20-. The average molecular weight is 525 g/mol. The highest BCUT2D eigenvalue weighted by molar-refractivity contribution is 5.99. The van der Waals surface area contributed by atoms with E-state index in [0.717, 1.165) is 72.4 Å². The van der Waals surface area contributed by atoms with Crippen LogP contribution in [0.2, 0.25) is 0 Å². The summed E-state index contributed by atoms with van der Waals surface area (Å²) in [6.45, 7) is 9.45. The topological polar surface area (TPSA) is 83.7 Å². The number of nitrogens with one attached hydrogen (secondary N) is 1. The molecule has 0 unspecified atom stereocenters. The number of rotatable bonds is 9. The number of aryl methyl sites for hydroxylation is 2. The minimum Gasteiger partial charge on any atom is -0.491 e. The second kappa shape index (κ2) is 11.3. The van der Waals surface area contributed by atoms with Crippen molar-refractivity contribution in [3.63, 3.8) is 0 Å². The summed E-state index contributed by atoms with van der Waals surface area (Å²) in [5, 5.41) is 5.69. The van der Waals surface area contributed by atoms with Gasteiger partial charge >= 0.3 is 0 Å². The first-order chi connectivity index (χ1) is 19.1. The lowest BCUT2D eigenvalue weighted by molar-refractivity contribution is 0.298. The number of aromatic nitrogens is 4. The van der Waals surface area contributed by atoms with Crippen LogP contribution in [0.4, 0.5) is 17.8 Å².